The quantitative estimate of drug-likeness (QED) is 0.635. The molecule has 0 fully saturated rings. The number of hydrogen-bond donors (Lipinski definition) is 2. The summed E-state index contributed by atoms with van der Waals surface area (Å²) in [6, 6.07) is 11.1. The molecule has 28 heavy (non-hydrogen) atoms. The topological polar surface area (TPSA) is 76.7 Å². The van der Waals surface area contributed by atoms with Crippen molar-refractivity contribution in [1.29, 1.82) is 0 Å². The highest BCUT2D eigenvalue weighted by atomic mass is 32.2. The van der Waals surface area contributed by atoms with Gasteiger partial charge < -0.3 is 20.1 Å². The molecule has 0 heterocycles. The zero-order valence-electron chi connectivity index (χ0n) is 15.8. The number of halogens is 1. The molecular weight excluding hydrogens is 383 g/mol. The summed E-state index contributed by atoms with van der Waals surface area (Å²) in [7, 11) is 3.15. The van der Waals surface area contributed by atoms with Gasteiger partial charge in [-0.05, 0) is 48.4 Å². The number of hydrogen-bond acceptors (Lipinski definition) is 5. The van der Waals surface area contributed by atoms with Crippen LogP contribution in [0, 0.1) is 5.82 Å². The molecule has 0 saturated heterocycles. The van der Waals surface area contributed by atoms with Crippen molar-refractivity contribution in [3.8, 4) is 11.5 Å². The molecule has 0 saturated carbocycles. The van der Waals surface area contributed by atoms with E-state index >= 15 is 0 Å². The number of ether oxygens (including phenoxy) is 2. The molecule has 150 valence electrons. The van der Waals surface area contributed by atoms with Gasteiger partial charge in [0.2, 0.25) is 11.8 Å². The molecule has 0 aliphatic carbocycles. The van der Waals surface area contributed by atoms with Crippen LogP contribution in [-0.4, -0.2) is 44.1 Å². The third-order valence-corrected chi connectivity index (χ3v) is 4.71. The zero-order chi connectivity index (χ0) is 20.4. The smallest absolute Gasteiger partial charge is 0.234 e. The van der Waals surface area contributed by atoms with E-state index in [1.807, 2.05) is 18.2 Å². The van der Waals surface area contributed by atoms with E-state index in [2.05, 4.69) is 10.6 Å². The Morgan fingerprint density at radius 1 is 0.964 bits per heavy atom. The summed E-state index contributed by atoms with van der Waals surface area (Å²) in [5.74, 6) is 0.884. The van der Waals surface area contributed by atoms with Crippen LogP contribution in [0.2, 0.25) is 0 Å². The second-order valence-electron chi connectivity index (χ2n) is 5.84. The first-order chi connectivity index (χ1) is 13.5. The molecule has 8 heteroatoms. The zero-order valence-corrected chi connectivity index (χ0v) is 16.6. The highest BCUT2D eigenvalue weighted by Crippen LogP contribution is 2.27. The van der Waals surface area contributed by atoms with Crippen LogP contribution in [0.4, 0.5) is 10.1 Å². The summed E-state index contributed by atoms with van der Waals surface area (Å²) in [4.78, 5) is 23.7. The summed E-state index contributed by atoms with van der Waals surface area (Å²) in [5.41, 5.74) is 1.54. The van der Waals surface area contributed by atoms with Crippen LogP contribution in [-0.2, 0) is 16.0 Å². The fourth-order valence-corrected chi connectivity index (χ4v) is 3.05. The first kappa shape index (κ1) is 21.6. The van der Waals surface area contributed by atoms with E-state index in [1.165, 1.54) is 36.0 Å². The van der Waals surface area contributed by atoms with Crippen LogP contribution in [0.15, 0.2) is 42.5 Å². The molecule has 0 aliphatic rings. The lowest BCUT2D eigenvalue weighted by Crippen LogP contribution is -2.28. The predicted molar refractivity (Wildman–Crippen MR) is 109 cm³/mol. The fraction of sp³-hybridized carbons (Fsp3) is 0.300. The Bertz CT molecular complexity index is 799. The van der Waals surface area contributed by atoms with Gasteiger partial charge in [0.05, 0.1) is 25.7 Å². The monoisotopic (exact) mass is 406 g/mol. The molecule has 2 N–H and O–H groups in total. The average molecular weight is 406 g/mol. The van der Waals surface area contributed by atoms with Crippen molar-refractivity contribution in [3.05, 3.63) is 53.8 Å². The van der Waals surface area contributed by atoms with E-state index in [0.29, 0.717) is 30.2 Å². The van der Waals surface area contributed by atoms with E-state index in [4.69, 9.17) is 9.47 Å². The third kappa shape index (κ3) is 7.11. The minimum atomic E-state index is -0.364. The van der Waals surface area contributed by atoms with Crippen molar-refractivity contribution in [1.82, 2.24) is 5.32 Å². The second kappa shape index (κ2) is 11.2. The Morgan fingerprint density at radius 2 is 1.64 bits per heavy atom. The van der Waals surface area contributed by atoms with Gasteiger partial charge in [-0.1, -0.05) is 6.07 Å². The number of benzene rings is 2. The van der Waals surface area contributed by atoms with Gasteiger partial charge >= 0.3 is 0 Å². The van der Waals surface area contributed by atoms with Crippen LogP contribution in [0.3, 0.4) is 0 Å². The van der Waals surface area contributed by atoms with E-state index in [1.54, 1.807) is 14.2 Å². The van der Waals surface area contributed by atoms with Crippen molar-refractivity contribution in [2.45, 2.75) is 6.42 Å². The van der Waals surface area contributed by atoms with Crippen molar-refractivity contribution in [3.63, 3.8) is 0 Å². The summed E-state index contributed by atoms with van der Waals surface area (Å²) >= 11 is 1.21. The Kier molecular flexibility index (Phi) is 8.61. The number of carbonyl (C=O) groups excluding carboxylic acids is 2. The average Bonchev–Trinajstić information content (AvgIpc) is 2.69. The summed E-state index contributed by atoms with van der Waals surface area (Å²) in [6.07, 6.45) is 0.655. The Labute approximate surface area is 167 Å². The van der Waals surface area contributed by atoms with Crippen molar-refractivity contribution >= 4 is 29.3 Å². The van der Waals surface area contributed by atoms with Crippen LogP contribution in [0.25, 0.3) is 0 Å². The molecule has 0 atom stereocenters. The number of amides is 2. The predicted octanol–water partition coefficient (Wildman–Crippen LogP) is 2.87. The minimum absolute atomic E-state index is 0.139. The molecule has 2 aromatic carbocycles. The van der Waals surface area contributed by atoms with E-state index in [9.17, 15) is 14.0 Å². The normalized spacial score (nSPS) is 10.2. The van der Waals surface area contributed by atoms with Gasteiger partial charge in [0.25, 0.3) is 0 Å². The van der Waals surface area contributed by atoms with Gasteiger partial charge in [-0.2, -0.15) is 0 Å². The highest BCUT2D eigenvalue weighted by molar-refractivity contribution is 8.00. The van der Waals surface area contributed by atoms with Crippen LogP contribution in [0.5, 0.6) is 11.5 Å². The number of anilines is 1. The van der Waals surface area contributed by atoms with E-state index in [-0.39, 0.29) is 29.1 Å². The fourth-order valence-electron chi connectivity index (χ4n) is 2.40. The van der Waals surface area contributed by atoms with Gasteiger partial charge in [-0.3, -0.25) is 9.59 Å². The Morgan fingerprint density at radius 3 is 2.32 bits per heavy atom. The minimum Gasteiger partial charge on any atom is -0.493 e. The third-order valence-electron chi connectivity index (χ3n) is 3.78. The Hall–Kier alpha value is -2.74. The largest absolute Gasteiger partial charge is 0.493 e. The van der Waals surface area contributed by atoms with Crippen LogP contribution < -0.4 is 20.1 Å². The molecule has 0 bridgehead atoms. The second-order valence-corrected chi connectivity index (χ2v) is 6.82. The maximum Gasteiger partial charge on any atom is 0.234 e. The first-order valence-corrected chi connectivity index (χ1v) is 9.78. The van der Waals surface area contributed by atoms with E-state index in [0.717, 1.165) is 5.56 Å². The number of nitrogens with one attached hydrogen (secondary N) is 2. The highest BCUT2D eigenvalue weighted by Gasteiger charge is 2.08. The number of carbonyl (C=O) groups is 2. The number of rotatable bonds is 10. The molecule has 0 aliphatic heterocycles. The SMILES string of the molecule is COc1ccc(CCNC(=O)CSCC(=O)Nc2ccc(F)cc2)cc1OC. The molecule has 2 amide bonds. The lowest BCUT2D eigenvalue weighted by Gasteiger charge is -2.10. The van der Waals surface area contributed by atoms with Gasteiger partial charge in [-0.15, -0.1) is 11.8 Å². The van der Waals surface area contributed by atoms with Crippen LogP contribution in [0.1, 0.15) is 5.56 Å². The molecule has 0 unspecified atom stereocenters. The van der Waals surface area contributed by atoms with Crippen molar-refractivity contribution in [2.24, 2.45) is 0 Å². The summed E-state index contributed by atoms with van der Waals surface area (Å²) in [6.45, 7) is 0.483. The lowest BCUT2D eigenvalue weighted by molar-refractivity contribution is -0.118. The summed E-state index contributed by atoms with van der Waals surface area (Å²) < 4.78 is 23.3. The standard InChI is InChI=1S/C20H23FN2O4S/c1-26-17-8-3-14(11-18(17)27-2)9-10-22-19(24)12-28-13-20(25)23-16-6-4-15(21)5-7-16/h3-8,11H,9-10,12-13H2,1-2H3,(H,22,24)(H,23,25). The van der Waals surface area contributed by atoms with E-state index < -0.39 is 0 Å². The van der Waals surface area contributed by atoms with Crippen molar-refractivity contribution < 1.29 is 23.5 Å². The molecular formula is C20H23FN2O4S. The Balaban J connectivity index is 1.64. The first-order valence-electron chi connectivity index (χ1n) is 8.62. The molecule has 0 spiro atoms. The maximum absolute atomic E-state index is 12.8. The van der Waals surface area contributed by atoms with Gasteiger partial charge in [0.15, 0.2) is 11.5 Å². The molecule has 2 rings (SSSR count). The summed E-state index contributed by atoms with van der Waals surface area (Å²) in [5, 5.41) is 5.47. The van der Waals surface area contributed by atoms with Crippen LogP contribution >= 0.6 is 11.8 Å². The maximum atomic E-state index is 12.8. The van der Waals surface area contributed by atoms with Gasteiger partial charge in [-0.25, -0.2) is 4.39 Å². The molecule has 2 aromatic rings. The number of thioether (sulfide) groups is 1. The van der Waals surface area contributed by atoms with Gasteiger partial charge in [0, 0.05) is 12.2 Å². The van der Waals surface area contributed by atoms with Crippen molar-refractivity contribution in [2.75, 3.05) is 37.6 Å². The molecule has 6 nitrogen and oxygen atoms in total. The lowest BCUT2D eigenvalue weighted by atomic mass is 10.1. The van der Waals surface area contributed by atoms with Gasteiger partial charge in [0.1, 0.15) is 5.82 Å². The molecule has 0 radical (unpaired) electrons. The number of methoxy groups -OCH3 is 2. The molecule has 0 aromatic heterocycles.